The fourth-order valence-corrected chi connectivity index (χ4v) is 1.64. The Morgan fingerprint density at radius 3 is 2.61 bits per heavy atom. The number of rotatable bonds is 2. The number of aromatic nitrogens is 4. The number of hydrogen-bond donors (Lipinski definition) is 1. The largest absolute Gasteiger partial charge is 0.508 e. The highest BCUT2D eigenvalue weighted by atomic mass is 16.5. The number of nitrogens with zero attached hydrogens (tertiary/aromatic N) is 4. The van der Waals surface area contributed by atoms with Crippen molar-refractivity contribution in [2.75, 3.05) is 0 Å². The average Bonchev–Trinajstić information content (AvgIpc) is 2.98. The van der Waals surface area contributed by atoms with Gasteiger partial charge in [0.1, 0.15) is 11.4 Å². The van der Waals surface area contributed by atoms with Crippen molar-refractivity contribution in [2.24, 2.45) is 7.05 Å². The molecule has 18 heavy (non-hydrogen) atoms. The molecule has 0 amide bonds. The molecule has 0 saturated carbocycles. The lowest BCUT2D eigenvalue weighted by molar-refractivity contribution is 0.428. The van der Waals surface area contributed by atoms with Crippen LogP contribution in [0.4, 0.5) is 0 Å². The fraction of sp³-hybridized carbons (Fsp3) is 0.0833. The van der Waals surface area contributed by atoms with Gasteiger partial charge in [0, 0.05) is 18.8 Å². The number of hydrogen-bond acceptors (Lipinski definition) is 5. The van der Waals surface area contributed by atoms with E-state index in [-0.39, 0.29) is 5.75 Å². The van der Waals surface area contributed by atoms with E-state index in [0.29, 0.717) is 11.7 Å². The minimum atomic E-state index is 0.203. The van der Waals surface area contributed by atoms with Crippen molar-refractivity contribution < 1.29 is 9.63 Å². The second kappa shape index (κ2) is 3.99. The lowest BCUT2D eigenvalue weighted by atomic mass is 10.2. The van der Waals surface area contributed by atoms with Crippen LogP contribution in [0.3, 0.4) is 0 Å². The molecule has 0 radical (unpaired) electrons. The van der Waals surface area contributed by atoms with Crippen molar-refractivity contribution >= 4 is 0 Å². The lowest BCUT2D eigenvalue weighted by Gasteiger charge is -1.94. The zero-order valence-corrected chi connectivity index (χ0v) is 9.61. The molecule has 1 N–H and O–H groups in total. The summed E-state index contributed by atoms with van der Waals surface area (Å²) in [7, 11) is 1.81. The Balaban J connectivity index is 1.99. The quantitative estimate of drug-likeness (QED) is 0.742. The summed E-state index contributed by atoms with van der Waals surface area (Å²) in [6.45, 7) is 0. The monoisotopic (exact) mass is 242 g/mol. The molecule has 6 nitrogen and oxygen atoms in total. The van der Waals surface area contributed by atoms with Crippen molar-refractivity contribution in [3.63, 3.8) is 0 Å². The zero-order chi connectivity index (χ0) is 12.5. The fourth-order valence-electron chi connectivity index (χ4n) is 1.64. The first-order chi connectivity index (χ1) is 8.74. The number of phenols is 1. The van der Waals surface area contributed by atoms with Crippen LogP contribution in [0.1, 0.15) is 0 Å². The van der Waals surface area contributed by atoms with Crippen molar-refractivity contribution in [1.29, 1.82) is 0 Å². The standard InChI is InChI=1S/C12H10N4O2/c1-16-10(6-7-13-16)12-14-11(15-18-12)8-2-4-9(17)5-3-8/h2-7,17H,1H3. The topological polar surface area (TPSA) is 77.0 Å². The molecule has 3 aromatic rings. The predicted molar refractivity (Wildman–Crippen MR) is 63.6 cm³/mol. The molecule has 0 aliphatic rings. The molecule has 0 atom stereocenters. The molecule has 0 fully saturated rings. The van der Waals surface area contributed by atoms with Crippen LogP contribution in [0.5, 0.6) is 5.75 Å². The van der Waals surface area contributed by atoms with Crippen LogP contribution in [0.2, 0.25) is 0 Å². The van der Waals surface area contributed by atoms with E-state index >= 15 is 0 Å². The third-order valence-corrected chi connectivity index (χ3v) is 2.59. The van der Waals surface area contributed by atoms with Gasteiger partial charge in [-0.3, -0.25) is 4.68 Å². The molecule has 0 bridgehead atoms. The summed E-state index contributed by atoms with van der Waals surface area (Å²) >= 11 is 0. The van der Waals surface area contributed by atoms with Gasteiger partial charge in [0.25, 0.3) is 5.89 Å². The van der Waals surface area contributed by atoms with Gasteiger partial charge >= 0.3 is 0 Å². The van der Waals surface area contributed by atoms with Crippen LogP contribution in [-0.2, 0) is 7.05 Å². The molecule has 0 spiro atoms. The molecule has 0 unspecified atom stereocenters. The van der Waals surface area contributed by atoms with E-state index in [0.717, 1.165) is 11.3 Å². The van der Waals surface area contributed by atoms with Crippen molar-refractivity contribution in [1.82, 2.24) is 19.9 Å². The SMILES string of the molecule is Cn1nccc1-c1nc(-c2ccc(O)cc2)no1. The molecule has 2 aromatic heterocycles. The Labute approximate surface area is 102 Å². The Kier molecular flexibility index (Phi) is 2.33. The molecular weight excluding hydrogens is 232 g/mol. The highest BCUT2D eigenvalue weighted by molar-refractivity contribution is 5.58. The second-order valence-electron chi connectivity index (χ2n) is 3.81. The Bertz CT molecular complexity index is 669. The van der Waals surface area contributed by atoms with Crippen molar-refractivity contribution in [3.05, 3.63) is 36.5 Å². The summed E-state index contributed by atoms with van der Waals surface area (Å²) in [5, 5.41) is 17.2. The highest BCUT2D eigenvalue weighted by Gasteiger charge is 2.12. The Hall–Kier alpha value is -2.63. The van der Waals surface area contributed by atoms with Gasteiger partial charge in [-0.2, -0.15) is 10.1 Å². The smallest absolute Gasteiger partial charge is 0.276 e. The van der Waals surface area contributed by atoms with Crippen LogP contribution in [0.15, 0.2) is 41.1 Å². The van der Waals surface area contributed by atoms with Crippen LogP contribution in [0.25, 0.3) is 23.0 Å². The third kappa shape index (κ3) is 1.73. The maximum atomic E-state index is 9.22. The van der Waals surface area contributed by atoms with Crippen molar-refractivity contribution in [2.45, 2.75) is 0 Å². The van der Waals surface area contributed by atoms with Gasteiger partial charge in [0.15, 0.2) is 0 Å². The molecule has 3 rings (SSSR count). The Morgan fingerprint density at radius 2 is 1.94 bits per heavy atom. The molecule has 0 saturated heterocycles. The van der Waals surface area contributed by atoms with Crippen molar-refractivity contribution in [3.8, 4) is 28.7 Å². The molecule has 90 valence electrons. The third-order valence-electron chi connectivity index (χ3n) is 2.59. The van der Waals surface area contributed by atoms with E-state index in [4.69, 9.17) is 4.52 Å². The van der Waals surface area contributed by atoms with Crippen LogP contribution in [-0.4, -0.2) is 25.0 Å². The van der Waals surface area contributed by atoms with Gasteiger partial charge < -0.3 is 9.63 Å². The minimum absolute atomic E-state index is 0.203. The normalized spacial score (nSPS) is 10.7. The molecule has 6 heteroatoms. The summed E-state index contributed by atoms with van der Waals surface area (Å²) in [5.74, 6) is 1.10. The maximum Gasteiger partial charge on any atom is 0.276 e. The van der Waals surface area contributed by atoms with E-state index in [1.54, 1.807) is 48.3 Å². The zero-order valence-electron chi connectivity index (χ0n) is 9.61. The van der Waals surface area contributed by atoms with Gasteiger partial charge in [-0.15, -0.1) is 0 Å². The lowest BCUT2D eigenvalue weighted by Crippen LogP contribution is -1.93. The summed E-state index contributed by atoms with van der Waals surface area (Å²) in [6, 6.07) is 8.42. The first-order valence-electron chi connectivity index (χ1n) is 5.35. The summed E-state index contributed by atoms with van der Waals surface area (Å²) in [4.78, 5) is 4.29. The molecule has 0 aliphatic carbocycles. The van der Waals surface area contributed by atoms with Gasteiger partial charge in [-0.1, -0.05) is 5.16 Å². The maximum absolute atomic E-state index is 9.22. The first kappa shape index (κ1) is 10.5. The second-order valence-corrected chi connectivity index (χ2v) is 3.81. The van der Waals surface area contributed by atoms with Crippen LogP contribution in [0, 0.1) is 0 Å². The Morgan fingerprint density at radius 1 is 1.17 bits per heavy atom. The van der Waals surface area contributed by atoms with E-state index in [1.165, 1.54) is 0 Å². The van der Waals surface area contributed by atoms with Gasteiger partial charge in [-0.05, 0) is 30.3 Å². The van der Waals surface area contributed by atoms with Gasteiger partial charge in [0.2, 0.25) is 5.82 Å². The summed E-state index contributed by atoms with van der Waals surface area (Å²) in [6.07, 6.45) is 1.67. The first-order valence-corrected chi connectivity index (χ1v) is 5.35. The average molecular weight is 242 g/mol. The van der Waals surface area contributed by atoms with Crippen LogP contribution < -0.4 is 0 Å². The molecule has 1 aromatic carbocycles. The van der Waals surface area contributed by atoms with Crippen LogP contribution >= 0.6 is 0 Å². The predicted octanol–water partition coefficient (Wildman–Crippen LogP) is 1.84. The number of benzene rings is 1. The number of phenolic OH excluding ortho intramolecular Hbond substituents is 1. The van der Waals surface area contributed by atoms with E-state index < -0.39 is 0 Å². The van der Waals surface area contributed by atoms with Gasteiger partial charge in [0.05, 0.1) is 0 Å². The summed E-state index contributed by atoms with van der Waals surface area (Å²) in [5.41, 5.74) is 1.54. The van der Waals surface area contributed by atoms with E-state index in [1.807, 2.05) is 0 Å². The number of aryl methyl sites for hydroxylation is 1. The summed E-state index contributed by atoms with van der Waals surface area (Å²) < 4.78 is 6.85. The molecule has 2 heterocycles. The highest BCUT2D eigenvalue weighted by Crippen LogP contribution is 2.22. The van der Waals surface area contributed by atoms with E-state index in [2.05, 4.69) is 15.2 Å². The molecule has 0 aliphatic heterocycles. The molecular formula is C12H10N4O2. The minimum Gasteiger partial charge on any atom is -0.508 e. The number of aromatic hydroxyl groups is 1. The van der Waals surface area contributed by atoms with Gasteiger partial charge in [-0.25, -0.2) is 0 Å². The van der Waals surface area contributed by atoms with E-state index in [9.17, 15) is 5.11 Å².